The van der Waals surface area contributed by atoms with Gasteiger partial charge in [0.1, 0.15) is 24.6 Å². The summed E-state index contributed by atoms with van der Waals surface area (Å²) in [5.74, 6) is -1.09. The number of H-pyrrole nitrogens is 1. The van der Waals surface area contributed by atoms with Crippen molar-refractivity contribution in [3.63, 3.8) is 0 Å². The predicted octanol–water partition coefficient (Wildman–Crippen LogP) is 1.13. The summed E-state index contributed by atoms with van der Waals surface area (Å²) in [7, 11) is 1.45. The van der Waals surface area contributed by atoms with Gasteiger partial charge in [-0.3, -0.25) is 9.78 Å². The quantitative estimate of drug-likeness (QED) is 0.445. The molecule has 26 heavy (non-hydrogen) atoms. The zero-order valence-corrected chi connectivity index (χ0v) is 15.0. The van der Waals surface area contributed by atoms with E-state index in [-0.39, 0.29) is 34.7 Å². The summed E-state index contributed by atoms with van der Waals surface area (Å²) in [6.07, 6.45) is 0. The Balaban J connectivity index is 1.82. The fourth-order valence-corrected chi connectivity index (χ4v) is 2.70. The van der Waals surface area contributed by atoms with E-state index in [4.69, 9.17) is 37.5 Å². The number of ether oxygens (including phenoxy) is 2. The van der Waals surface area contributed by atoms with Gasteiger partial charge in [-0.25, -0.2) is 9.37 Å². The van der Waals surface area contributed by atoms with Crippen molar-refractivity contribution in [2.45, 2.75) is 6.04 Å². The van der Waals surface area contributed by atoms with Crippen LogP contribution in [0.3, 0.4) is 0 Å². The standard InChI is InChI=1S/C14H14Cl2FN5O4/c1-24-22-6-2-18-7(4-25-3-6)5-26-13-8-10(9(17)11(15)20-13)19-14(16)21-12(8)23/h7,18H,2-5H2,1H3,(H,19,21,23)/t7-/m0/s1. The van der Waals surface area contributed by atoms with E-state index < -0.39 is 16.5 Å². The van der Waals surface area contributed by atoms with Crippen LogP contribution in [-0.4, -0.2) is 60.2 Å². The molecule has 0 radical (unpaired) electrons. The van der Waals surface area contributed by atoms with Crippen LogP contribution in [0.2, 0.25) is 10.4 Å². The summed E-state index contributed by atoms with van der Waals surface area (Å²) >= 11 is 11.4. The highest BCUT2D eigenvalue weighted by atomic mass is 35.5. The number of aromatic amines is 1. The molecule has 0 unspecified atom stereocenters. The highest BCUT2D eigenvalue weighted by Gasteiger charge is 2.21. The lowest BCUT2D eigenvalue weighted by Gasteiger charge is -2.16. The van der Waals surface area contributed by atoms with Crippen LogP contribution in [0, 0.1) is 5.82 Å². The van der Waals surface area contributed by atoms with Crippen molar-refractivity contribution in [1.29, 1.82) is 0 Å². The SMILES string of the molecule is CON=C1CN[C@H](COc2nc(Cl)c(F)c3nc(Cl)[nH]c(=O)c23)COC1. The lowest BCUT2D eigenvalue weighted by molar-refractivity contribution is 0.127. The number of aromatic nitrogens is 3. The van der Waals surface area contributed by atoms with Crippen molar-refractivity contribution in [2.24, 2.45) is 5.16 Å². The van der Waals surface area contributed by atoms with Crippen LogP contribution in [0.5, 0.6) is 5.88 Å². The second-order valence-electron chi connectivity index (χ2n) is 5.35. The van der Waals surface area contributed by atoms with Crippen LogP contribution in [0.1, 0.15) is 0 Å². The maximum Gasteiger partial charge on any atom is 0.265 e. The summed E-state index contributed by atoms with van der Waals surface area (Å²) in [4.78, 5) is 26.7. The number of fused-ring (bicyclic) bond motifs is 1. The minimum atomic E-state index is -0.946. The molecule has 1 fully saturated rings. The third-order valence-electron chi connectivity index (χ3n) is 3.52. The van der Waals surface area contributed by atoms with Crippen LogP contribution in [0.4, 0.5) is 4.39 Å². The Kier molecular flexibility index (Phi) is 5.87. The van der Waals surface area contributed by atoms with Crippen molar-refractivity contribution in [1.82, 2.24) is 20.3 Å². The molecule has 12 heteroatoms. The average molecular weight is 406 g/mol. The number of nitrogens with zero attached hydrogens (tertiary/aromatic N) is 3. The number of nitrogens with one attached hydrogen (secondary N) is 2. The molecule has 1 aliphatic rings. The Morgan fingerprint density at radius 1 is 1.42 bits per heavy atom. The monoisotopic (exact) mass is 405 g/mol. The Hall–Kier alpha value is -2.01. The smallest absolute Gasteiger partial charge is 0.265 e. The lowest BCUT2D eigenvalue weighted by Crippen LogP contribution is -2.38. The first-order chi connectivity index (χ1) is 12.5. The van der Waals surface area contributed by atoms with Crippen molar-refractivity contribution in [3.05, 3.63) is 26.6 Å². The number of rotatable bonds is 4. The zero-order chi connectivity index (χ0) is 18.7. The number of oxime groups is 1. The molecule has 2 aromatic heterocycles. The third kappa shape index (κ3) is 4.04. The Morgan fingerprint density at radius 3 is 3.00 bits per heavy atom. The Morgan fingerprint density at radius 2 is 2.23 bits per heavy atom. The van der Waals surface area contributed by atoms with Gasteiger partial charge < -0.3 is 19.6 Å². The minimum absolute atomic E-state index is 0.0897. The van der Waals surface area contributed by atoms with Crippen molar-refractivity contribution < 1.29 is 18.7 Å². The Bertz CT molecular complexity index is 907. The molecule has 2 N–H and O–H groups in total. The van der Waals surface area contributed by atoms with Crippen LogP contribution in [-0.2, 0) is 9.57 Å². The molecular weight excluding hydrogens is 392 g/mol. The van der Waals surface area contributed by atoms with Gasteiger partial charge in [-0.15, -0.1) is 0 Å². The molecule has 1 saturated heterocycles. The predicted molar refractivity (Wildman–Crippen MR) is 92.7 cm³/mol. The van der Waals surface area contributed by atoms with Gasteiger partial charge in [0, 0.05) is 6.54 Å². The van der Waals surface area contributed by atoms with E-state index in [0.29, 0.717) is 25.5 Å². The number of hydrogen-bond acceptors (Lipinski definition) is 8. The molecule has 0 spiro atoms. The molecule has 3 heterocycles. The average Bonchev–Trinajstić information content (AvgIpc) is 2.82. The molecule has 0 amide bonds. The van der Waals surface area contributed by atoms with Gasteiger partial charge in [0.15, 0.2) is 11.0 Å². The van der Waals surface area contributed by atoms with E-state index in [1.54, 1.807) is 0 Å². The number of halogens is 3. The molecule has 1 atom stereocenters. The van der Waals surface area contributed by atoms with Crippen LogP contribution < -0.4 is 15.6 Å². The molecule has 0 bridgehead atoms. The highest BCUT2D eigenvalue weighted by Crippen LogP contribution is 2.27. The molecule has 0 aromatic carbocycles. The van der Waals surface area contributed by atoms with Crippen molar-refractivity contribution in [3.8, 4) is 5.88 Å². The molecule has 140 valence electrons. The molecular formula is C14H14Cl2FN5O4. The summed E-state index contributed by atoms with van der Waals surface area (Å²) in [6.45, 7) is 1.18. The fourth-order valence-electron chi connectivity index (χ4n) is 2.36. The van der Waals surface area contributed by atoms with Crippen LogP contribution in [0.15, 0.2) is 9.95 Å². The second-order valence-corrected chi connectivity index (χ2v) is 6.06. The molecule has 1 aliphatic heterocycles. The summed E-state index contributed by atoms with van der Waals surface area (Å²) < 4.78 is 25.2. The van der Waals surface area contributed by atoms with E-state index >= 15 is 0 Å². The fraction of sp³-hybridized carbons (Fsp3) is 0.429. The number of hydrogen-bond donors (Lipinski definition) is 2. The molecule has 2 aromatic rings. The molecule has 0 saturated carbocycles. The van der Waals surface area contributed by atoms with Gasteiger partial charge >= 0.3 is 0 Å². The largest absolute Gasteiger partial charge is 0.475 e. The molecule has 0 aliphatic carbocycles. The van der Waals surface area contributed by atoms with E-state index in [0.717, 1.165) is 0 Å². The minimum Gasteiger partial charge on any atom is -0.475 e. The van der Waals surface area contributed by atoms with Gasteiger partial charge in [-0.2, -0.15) is 4.98 Å². The zero-order valence-electron chi connectivity index (χ0n) is 13.5. The first kappa shape index (κ1) is 18.8. The van der Waals surface area contributed by atoms with Gasteiger partial charge in [-0.1, -0.05) is 16.8 Å². The topological polar surface area (TPSA) is 111 Å². The molecule has 9 nitrogen and oxygen atoms in total. The highest BCUT2D eigenvalue weighted by molar-refractivity contribution is 6.30. The lowest BCUT2D eigenvalue weighted by atomic mass is 10.3. The first-order valence-electron chi connectivity index (χ1n) is 7.47. The van der Waals surface area contributed by atoms with Gasteiger partial charge in [0.25, 0.3) is 5.56 Å². The first-order valence-corrected chi connectivity index (χ1v) is 8.22. The van der Waals surface area contributed by atoms with E-state index in [1.165, 1.54) is 7.11 Å². The molecule has 3 rings (SSSR count). The second kappa shape index (κ2) is 8.12. The van der Waals surface area contributed by atoms with Gasteiger partial charge in [-0.05, 0) is 11.6 Å². The van der Waals surface area contributed by atoms with Crippen molar-refractivity contribution in [2.75, 3.05) is 33.5 Å². The summed E-state index contributed by atoms with van der Waals surface area (Å²) in [6, 6.07) is -0.223. The number of pyridine rings is 1. The van der Waals surface area contributed by atoms with E-state index in [1.807, 2.05) is 0 Å². The maximum atomic E-state index is 14.1. The van der Waals surface area contributed by atoms with E-state index in [2.05, 4.69) is 25.4 Å². The van der Waals surface area contributed by atoms with Gasteiger partial charge in [0.05, 0.1) is 25.0 Å². The van der Waals surface area contributed by atoms with Crippen molar-refractivity contribution >= 4 is 39.8 Å². The van der Waals surface area contributed by atoms with Gasteiger partial charge in [0.2, 0.25) is 11.2 Å². The summed E-state index contributed by atoms with van der Waals surface area (Å²) in [5, 5.41) is 6.09. The maximum absolute atomic E-state index is 14.1. The van der Waals surface area contributed by atoms with Crippen LogP contribution in [0.25, 0.3) is 10.9 Å². The normalized spacial score (nSPS) is 19.5. The Labute approximate surface area is 156 Å². The van der Waals surface area contributed by atoms with E-state index in [9.17, 15) is 9.18 Å². The third-order valence-corrected chi connectivity index (χ3v) is 3.95. The van der Waals surface area contributed by atoms with Crippen LogP contribution >= 0.6 is 23.2 Å². The summed E-state index contributed by atoms with van der Waals surface area (Å²) in [5.41, 5.74) is -0.301.